The Hall–Kier alpha value is -1.46. The zero-order valence-electron chi connectivity index (χ0n) is 9.87. The van der Waals surface area contributed by atoms with Crippen LogP contribution in [-0.2, 0) is 9.59 Å². The summed E-state index contributed by atoms with van der Waals surface area (Å²) >= 11 is 0. The number of carbonyl (C=O) groups is 2. The fourth-order valence-electron chi connectivity index (χ4n) is 1.33. The lowest BCUT2D eigenvalue weighted by Gasteiger charge is -2.17. The molecule has 0 saturated carbocycles. The van der Waals surface area contributed by atoms with E-state index in [1.165, 1.54) is 0 Å². The first kappa shape index (κ1) is 15.5. The maximum absolute atomic E-state index is 12.1. The van der Waals surface area contributed by atoms with Crippen molar-refractivity contribution in [3.8, 4) is 0 Å². The van der Waals surface area contributed by atoms with Gasteiger partial charge in [0.15, 0.2) is 0 Å². The number of carbonyl (C=O) groups excluding carboxylic acids is 1. The van der Waals surface area contributed by atoms with Gasteiger partial charge in [-0.3, -0.25) is 4.79 Å². The lowest BCUT2D eigenvalue weighted by molar-refractivity contribution is -0.143. The maximum Gasteiger partial charge on any atom is 0.326 e. The third kappa shape index (κ3) is 6.65. The average molecular weight is 249 g/mol. The highest BCUT2D eigenvalue weighted by atomic mass is 19.3. The molecule has 2 unspecified atom stereocenters. The van der Waals surface area contributed by atoms with Gasteiger partial charge in [0.25, 0.3) is 0 Å². The van der Waals surface area contributed by atoms with Gasteiger partial charge in [0.05, 0.1) is 0 Å². The summed E-state index contributed by atoms with van der Waals surface area (Å²) in [6.45, 7) is 6.95. The topological polar surface area (TPSA) is 66.4 Å². The molecule has 0 bridgehead atoms. The Morgan fingerprint density at radius 1 is 1.41 bits per heavy atom. The summed E-state index contributed by atoms with van der Waals surface area (Å²) in [4.78, 5) is 22.2. The molecular formula is C11H17F2NO3. The van der Waals surface area contributed by atoms with Crippen LogP contribution in [0.1, 0.15) is 26.7 Å². The number of alkyl halides is 2. The monoisotopic (exact) mass is 249 g/mol. The first-order chi connectivity index (χ1) is 7.73. The van der Waals surface area contributed by atoms with Crippen molar-refractivity contribution < 1.29 is 23.5 Å². The van der Waals surface area contributed by atoms with E-state index in [-0.39, 0.29) is 0 Å². The Morgan fingerprint density at radius 3 is 2.29 bits per heavy atom. The second kappa shape index (κ2) is 6.98. The van der Waals surface area contributed by atoms with E-state index in [1.807, 2.05) is 0 Å². The molecule has 2 atom stereocenters. The molecule has 0 spiro atoms. The molecule has 0 heterocycles. The van der Waals surface area contributed by atoms with Crippen molar-refractivity contribution in [2.45, 2.75) is 39.2 Å². The summed E-state index contributed by atoms with van der Waals surface area (Å²) in [5.41, 5.74) is 0.772. The van der Waals surface area contributed by atoms with E-state index in [2.05, 4.69) is 11.9 Å². The number of carboxylic acids is 1. The number of rotatable bonds is 7. The van der Waals surface area contributed by atoms with E-state index in [1.54, 1.807) is 13.8 Å². The lowest BCUT2D eigenvalue weighted by atomic mass is 10.0. The van der Waals surface area contributed by atoms with Crippen LogP contribution < -0.4 is 5.32 Å². The Balaban J connectivity index is 4.39. The fraction of sp³-hybridized carbons (Fsp3) is 0.636. The smallest absolute Gasteiger partial charge is 0.326 e. The third-order valence-corrected chi connectivity index (χ3v) is 2.13. The van der Waals surface area contributed by atoms with Crippen LogP contribution in [0.5, 0.6) is 0 Å². The predicted octanol–water partition coefficient (Wildman–Crippen LogP) is 1.81. The molecule has 0 aliphatic heterocycles. The second-order valence-corrected chi connectivity index (χ2v) is 4.09. The first-order valence-corrected chi connectivity index (χ1v) is 5.19. The maximum atomic E-state index is 12.1. The number of hydrogen-bond acceptors (Lipinski definition) is 2. The molecule has 0 aromatic rings. The van der Waals surface area contributed by atoms with Crippen LogP contribution in [0, 0.1) is 5.92 Å². The molecule has 0 aromatic heterocycles. The molecule has 2 N–H and O–H groups in total. The summed E-state index contributed by atoms with van der Waals surface area (Å²) < 4.78 is 24.2. The minimum absolute atomic E-state index is 0.396. The molecule has 0 rings (SSSR count). The largest absolute Gasteiger partial charge is 0.480 e. The van der Waals surface area contributed by atoms with Gasteiger partial charge in [0, 0.05) is 12.3 Å². The molecule has 17 heavy (non-hydrogen) atoms. The number of hydrogen-bond donors (Lipinski definition) is 2. The predicted molar refractivity (Wildman–Crippen MR) is 58.8 cm³/mol. The zero-order chi connectivity index (χ0) is 13.6. The minimum Gasteiger partial charge on any atom is -0.480 e. The average Bonchev–Trinajstić information content (AvgIpc) is 2.14. The molecule has 0 radical (unpaired) electrons. The van der Waals surface area contributed by atoms with Gasteiger partial charge in [-0.15, -0.1) is 6.58 Å². The molecule has 0 fully saturated rings. The SMILES string of the molecule is C=C(C)CC(C)C(=O)NC(CC(F)F)C(=O)O. The van der Waals surface area contributed by atoms with Gasteiger partial charge >= 0.3 is 5.97 Å². The zero-order valence-corrected chi connectivity index (χ0v) is 9.87. The number of amides is 1. The van der Waals surface area contributed by atoms with Crippen molar-refractivity contribution in [1.29, 1.82) is 0 Å². The molecule has 1 amide bonds. The van der Waals surface area contributed by atoms with Gasteiger partial charge in [-0.2, -0.15) is 0 Å². The quantitative estimate of drug-likeness (QED) is 0.676. The lowest BCUT2D eigenvalue weighted by Crippen LogP contribution is -2.44. The number of allylic oxidation sites excluding steroid dienone is 1. The molecule has 0 aliphatic rings. The van der Waals surface area contributed by atoms with Gasteiger partial charge in [-0.25, -0.2) is 13.6 Å². The van der Waals surface area contributed by atoms with Crippen LogP contribution in [0.2, 0.25) is 0 Å². The van der Waals surface area contributed by atoms with E-state index >= 15 is 0 Å². The van der Waals surface area contributed by atoms with Crippen molar-refractivity contribution in [2.24, 2.45) is 5.92 Å². The standard InChI is InChI=1S/C11H17F2NO3/c1-6(2)4-7(3)10(15)14-8(11(16)17)5-9(12)13/h7-9H,1,4-5H2,2-3H3,(H,14,15)(H,16,17). The highest BCUT2D eigenvalue weighted by Crippen LogP contribution is 2.11. The Labute approximate surface area is 98.7 Å². The number of nitrogens with one attached hydrogen (secondary N) is 1. The van der Waals surface area contributed by atoms with Crippen LogP contribution in [0.4, 0.5) is 8.78 Å². The Morgan fingerprint density at radius 2 is 1.94 bits per heavy atom. The number of aliphatic carboxylic acids is 1. The van der Waals surface area contributed by atoms with Crippen LogP contribution >= 0.6 is 0 Å². The summed E-state index contributed by atoms with van der Waals surface area (Å²) in [6.07, 6.45) is -3.26. The van der Waals surface area contributed by atoms with E-state index < -0.39 is 36.7 Å². The Bertz CT molecular complexity index is 305. The van der Waals surface area contributed by atoms with E-state index in [4.69, 9.17) is 5.11 Å². The van der Waals surface area contributed by atoms with Crippen molar-refractivity contribution >= 4 is 11.9 Å². The van der Waals surface area contributed by atoms with Gasteiger partial charge < -0.3 is 10.4 Å². The van der Waals surface area contributed by atoms with E-state index in [9.17, 15) is 18.4 Å². The molecule has 6 heteroatoms. The van der Waals surface area contributed by atoms with Crippen LogP contribution in [-0.4, -0.2) is 29.5 Å². The second-order valence-electron chi connectivity index (χ2n) is 4.09. The van der Waals surface area contributed by atoms with Crippen molar-refractivity contribution in [1.82, 2.24) is 5.32 Å². The summed E-state index contributed by atoms with van der Waals surface area (Å²) in [5, 5.41) is 10.8. The van der Waals surface area contributed by atoms with Crippen molar-refractivity contribution in [3.63, 3.8) is 0 Å². The van der Waals surface area contributed by atoms with Crippen LogP contribution in [0.25, 0.3) is 0 Å². The van der Waals surface area contributed by atoms with Crippen molar-refractivity contribution in [3.05, 3.63) is 12.2 Å². The van der Waals surface area contributed by atoms with Crippen LogP contribution in [0.15, 0.2) is 12.2 Å². The van der Waals surface area contributed by atoms with E-state index in [0.29, 0.717) is 6.42 Å². The summed E-state index contributed by atoms with van der Waals surface area (Å²) in [6, 6.07) is -1.55. The highest BCUT2D eigenvalue weighted by molar-refractivity contribution is 5.84. The Kier molecular flexibility index (Phi) is 6.38. The summed E-state index contributed by atoms with van der Waals surface area (Å²) in [7, 11) is 0. The fourth-order valence-corrected chi connectivity index (χ4v) is 1.33. The summed E-state index contributed by atoms with van der Waals surface area (Å²) in [5.74, 6) is -2.49. The van der Waals surface area contributed by atoms with Gasteiger partial charge in [-0.05, 0) is 13.3 Å². The third-order valence-electron chi connectivity index (χ3n) is 2.13. The molecule has 4 nitrogen and oxygen atoms in total. The molecule has 0 aromatic carbocycles. The minimum atomic E-state index is -2.77. The van der Waals surface area contributed by atoms with Gasteiger partial charge in [0.1, 0.15) is 6.04 Å². The van der Waals surface area contributed by atoms with E-state index in [0.717, 1.165) is 5.57 Å². The highest BCUT2D eigenvalue weighted by Gasteiger charge is 2.25. The van der Waals surface area contributed by atoms with Crippen molar-refractivity contribution in [2.75, 3.05) is 0 Å². The number of halogens is 2. The molecular weight excluding hydrogens is 232 g/mol. The normalized spacial score (nSPS) is 14.2. The van der Waals surface area contributed by atoms with Gasteiger partial charge in [-0.1, -0.05) is 12.5 Å². The van der Waals surface area contributed by atoms with Gasteiger partial charge in [0.2, 0.25) is 12.3 Å². The first-order valence-electron chi connectivity index (χ1n) is 5.19. The van der Waals surface area contributed by atoms with Crippen LogP contribution in [0.3, 0.4) is 0 Å². The number of carboxylic acid groups (broad SMARTS) is 1. The molecule has 0 saturated heterocycles. The molecule has 98 valence electrons. The molecule has 0 aliphatic carbocycles.